The summed E-state index contributed by atoms with van der Waals surface area (Å²) in [6, 6.07) is 0. The second-order valence-electron chi connectivity index (χ2n) is 19.4. The summed E-state index contributed by atoms with van der Waals surface area (Å²) in [4.78, 5) is 25.6. The Balaban J connectivity index is 2.28. The molecule has 0 aromatic carbocycles. The molecule has 0 aromatic rings. The number of ether oxygens (including phenoxy) is 3. The highest BCUT2D eigenvalue weighted by Crippen LogP contribution is 2.43. The van der Waals surface area contributed by atoms with Crippen LogP contribution in [0.5, 0.6) is 0 Å². The van der Waals surface area contributed by atoms with E-state index in [0.717, 1.165) is 12.0 Å². The first-order chi connectivity index (χ1) is 23.9. The van der Waals surface area contributed by atoms with Crippen molar-refractivity contribution in [1.29, 1.82) is 0 Å². The van der Waals surface area contributed by atoms with Gasteiger partial charge in [-0.05, 0) is 87.9 Å². The Morgan fingerprint density at radius 3 is 2.17 bits per heavy atom. The number of carbonyl (C=O) groups is 2. The van der Waals surface area contributed by atoms with Gasteiger partial charge in [0, 0.05) is 31.3 Å². The molecular weight excluding hydrogens is 705 g/mol. The van der Waals surface area contributed by atoms with Crippen LogP contribution in [0.3, 0.4) is 0 Å². The van der Waals surface area contributed by atoms with Crippen LogP contribution in [0.4, 0.5) is 0 Å². The summed E-state index contributed by atoms with van der Waals surface area (Å²) in [5, 5.41) is 23.0. The van der Waals surface area contributed by atoms with Crippen molar-refractivity contribution in [2.75, 3.05) is 0 Å². The summed E-state index contributed by atoms with van der Waals surface area (Å²) in [5.41, 5.74) is -1.73. The summed E-state index contributed by atoms with van der Waals surface area (Å²) < 4.78 is 31.3. The second kappa shape index (κ2) is 18.1. The number of rotatable bonds is 13. The number of allylic oxidation sites excluding steroid dienone is 2. The topological polar surface area (TPSA) is 124 Å². The lowest BCUT2D eigenvalue weighted by Gasteiger charge is -2.40. The van der Waals surface area contributed by atoms with E-state index in [1.165, 1.54) is 6.92 Å². The Labute approximate surface area is 324 Å². The Hall–Kier alpha value is -1.61. The normalized spacial score (nSPS) is 30.8. The SMILES string of the molecule is CCC(O[Si](C)(C)C(C)(C)C)C(C)C1OC1CC(C)(O)C=CC=C(C)C1OC(=O)CC(O[Si](C)(C)C(C)(C)C)CCC(C)(O)C(OC(C)=O)C=CC1C. The van der Waals surface area contributed by atoms with Gasteiger partial charge in [-0.3, -0.25) is 9.59 Å². The predicted molar refractivity (Wildman–Crippen MR) is 219 cm³/mol. The summed E-state index contributed by atoms with van der Waals surface area (Å²) in [5.74, 6) is -0.984. The standard InChI is InChI=1S/C42H76O9Si2/c1-18-33(51-53(16,17)40(9,10)11)30(4)38-34(48-38)27-41(12,45)24-19-20-28(2)37-29(3)21-22-35(47-31(5)43)42(13,46)25-23-32(26-36(44)49-37)50-52(14,15)39(6,7)8/h19-22,24,29-30,32-35,37-38,45-46H,18,23,25-27H2,1-17H3. The van der Waals surface area contributed by atoms with E-state index in [2.05, 4.69) is 81.6 Å². The molecule has 1 fully saturated rings. The van der Waals surface area contributed by atoms with E-state index in [-0.39, 0.29) is 59.0 Å². The lowest BCUT2D eigenvalue weighted by molar-refractivity contribution is -0.157. The summed E-state index contributed by atoms with van der Waals surface area (Å²) in [7, 11) is -4.22. The molecule has 0 bridgehead atoms. The van der Waals surface area contributed by atoms with Crippen LogP contribution in [0.15, 0.2) is 36.0 Å². The lowest BCUT2D eigenvalue weighted by Crippen LogP contribution is -2.46. The minimum absolute atomic E-state index is 0.0335. The number of cyclic esters (lactones) is 1. The van der Waals surface area contributed by atoms with Crippen LogP contribution in [-0.4, -0.2) is 86.6 Å². The molecule has 53 heavy (non-hydrogen) atoms. The van der Waals surface area contributed by atoms with Crippen molar-refractivity contribution in [3.05, 3.63) is 36.0 Å². The van der Waals surface area contributed by atoms with E-state index < -0.39 is 52.1 Å². The quantitative estimate of drug-likeness (QED) is 0.0619. The van der Waals surface area contributed by atoms with Gasteiger partial charge in [0.15, 0.2) is 16.6 Å². The van der Waals surface area contributed by atoms with Gasteiger partial charge in [0.25, 0.3) is 0 Å². The number of carbonyl (C=O) groups excluding carboxylic acids is 2. The summed E-state index contributed by atoms with van der Waals surface area (Å²) in [6.45, 7) is 35.0. The van der Waals surface area contributed by atoms with Gasteiger partial charge in [0.05, 0.1) is 30.3 Å². The fraction of sp³-hybridized carbons (Fsp3) is 0.810. The van der Waals surface area contributed by atoms with Crippen molar-refractivity contribution in [2.24, 2.45) is 11.8 Å². The number of esters is 2. The summed E-state index contributed by atoms with van der Waals surface area (Å²) in [6.07, 6.45) is 9.05. The minimum Gasteiger partial charge on any atom is -0.457 e. The van der Waals surface area contributed by atoms with E-state index in [0.29, 0.717) is 12.8 Å². The van der Waals surface area contributed by atoms with Crippen LogP contribution in [0, 0.1) is 11.8 Å². The molecule has 2 rings (SSSR count). The van der Waals surface area contributed by atoms with Crippen LogP contribution < -0.4 is 0 Å². The van der Waals surface area contributed by atoms with E-state index in [1.54, 1.807) is 26.0 Å². The third-order valence-electron chi connectivity index (χ3n) is 12.1. The molecule has 10 atom stereocenters. The third-order valence-corrected chi connectivity index (χ3v) is 21.2. The highest BCUT2D eigenvalue weighted by Gasteiger charge is 2.50. The largest absolute Gasteiger partial charge is 0.457 e. The number of hydrogen-bond acceptors (Lipinski definition) is 9. The fourth-order valence-corrected chi connectivity index (χ4v) is 9.28. The number of epoxide rings is 1. The van der Waals surface area contributed by atoms with Crippen molar-refractivity contribution >= 4 is 28.6 Å². The van der Waals surface area contributed by atoms with E-state index in [9.17, 15) is 19.8 Å². The van der Waals surface area contributed by atoms with Crippen molar-refractivity contribution in [2.45, 2.75) is 206 Å². The molecule has 2 aliphatic heterocycles. The molecule has 2 heterocycles. The van der Waals surface area contributed by atoms with Gasteiger partial charge in [-0.1, -0.05) is 86.6 Å². The molecule has 2 aliphatic rings. The Bertz CT molecular complexity index is 1320. The maximum absolute atomic E-state index is 13.6. The van der Waals surface area contributed by atoms with E-state index in [1.807, 2.05) is 32.1 Å². The molecule has 0 saturated carbocycles. The van der Waals surface area contributed by atoms with Crippen LogP contribution >= 0.6 is 0 Å². The zero-order valence-electron chi connectivity index (χ0n) is 36.3. The van der Waals surface area contributed by atoms with Gasteiger partial charge >= 0.3 is 11.9 Å². The monoisotopic (exact) mass is 781 g/mol. The number of hydrogen-bond donors (Lipinski definition) is 2. The Morgan fingerprint density at radius 1 is 1.06 bits per heavy atom. The maximum atomic E-state index is 13.6. The molecule has 0 radical (unpaired) electrons. The lowest BCUT2D eigenvalue weighted by atomic mass is 9.88. The third kappa shape index (κ3) is 14.1. The average Bonchev–Trinajstić information content (AvgIpc) is 3.74. The van der Waals surface area contributed by atoms with Gasteiger partial charge in [0.2, 0.25) is 0 Å². The molecule has 11 heteroatoms. The highest BCUT2D eigenvalue weighted by molar-refractivity contribution is 6.74. The molecule has 1 saturated heterocycles. The zero-order valence-corrected chi connectivity index (χ0v) is 38.3. The average molecular weight is 781 g/mol. The van der Waals surface area contributed by atoms with Gasteiger partial charge in [-0.2, -0.15) is 0 Å². The highest BCUT2D eigenvalue weighted by atomic mass is 28.4. The van der Waals surface area contributed by atoms with Crippen molar-refractivity contribution < 1.29 is 42.9 Å². The zero-order chi connectivity index (χ0) is 41.0. The Kier molecular flexibility index (Phi) is 16.2. The van der Waals surface area contributed by atoms with E-state index in [4.69, 9.17) is 23.1 Å². The molecular formula is C42H76O9Si2. The minimum atomic E-state index is -2.28. The first-order valence-electron chi connectivity index (χ1n) is 19.8. The first-order valence-corrected chi connectivity index (χ1v) is 25.6. The predicted octanol–water partition coefficient (Wildman–Crippen LogP) is 9.20. The second-order valence-corrected chi connectivity index (χ2v) is 29.0. The molecule has 0 spiro atoms. The van der Waals surface area contributed by atoms with Crippen LogP contribution in [0.2, 0.25) is 36.3 Å². The molecule has 0 amide bonds. The summed E-state index contributed by atoms with van der Waals surface area (Å²) >= 11 is 0. The molecule has 10 unspecified atom stereocenters. The first kappa shape index (κ1) is 47.5. The van der Waals surface area contributed by atoms with Gasteiger partial charge in [0.1, 0.15) is 17.8 Å². The van der Waals surface area contributed by atoms with Gasteiger partial charge in [-0.25, -0.2) is 0 Å². The molecule has 9 nitrogen and oxygen atoms in total. The van der Waals surface area contributed by atoms with Crippen LogP contribution in [0.25, 0.3) is 0 Å². The molecule has 0 aliphatic carbocycles. The fourth-order valence-electron chi connectivity index (χ4n) is 6.40. The Morgan fingerprint density at radius 2 is 1.64 bits per heavy atom. The molecule has 2 N–H and O–H groups in total. The van der Waals surface area contributed by atoms with Gasteiger partial charge in [-0.15, -0.1) is 0 Å². The maximum Gasteiger partial charge on any atom is 0.308 e. The van der Waals surface area contributed by atoms with Crippen LogP contribution in [-0.2, 0) is 32.7 Å². The number of aliphatic hydroxyl groups is 2. The van der Waals surface area contributed by atoms with E-state index >= 15 is 0 Å². The van der Waals surface area contributed by atoms with Crippen LogP contribution in [0.1, 0.15) is 122 Å². The molecule has 306 valence electrons. The van der Waals surface area contributed by atoms with Gasteiger partial charge < -0.3 is 33.3 Å². The van der Waals surface area contributed by atoms with Crippen molar-refractivity contribution in [3.8, 4) is 0 Å². The molecule has 0 aromatic heterocycles. The smallest absolute Gasteiger partial charge is 0.308 e. The van der Waals surface area contributed by atoms with Crippen molar-refractivity contribution in [3.63, 3.8) is 0 Å². The van der Waals surface area contributed by atoms with Crippen molar-refractivity contribution in [1.82, 2.24) is 0 Å².